The standard InChI is InChI=1S/C16H13NO3S/c18-15(19)10-13-16(12-7-4-8-20-12)17-14(21-13)9-11-5-2-1-3-6-11/h1-8H,9-10H2,(H,18,19). The van der Waals surface area contributed by atoms with Gasteiger partial charge in [0.1, 0.15) is 5.69 Å². The van der Waals surface area contributed by atoms with Gasteiger partial charge in [-0.2, -0.15) is 0 Å². The molecule has 0 unspecified atom stereocenters. The normalized spacial score (nSPS) is 10.7. The first-order chi connectivity index (χ1) is 10.2. The Morgan fingerprint density at radius 1 is 1.19 bits per heavy atom. The number of furan rings is 1. The molecule has 106 valence electrons. The molecule has 21 heavy (non-hydrogen) atoms. The Kier molecular flexibility index (Phi) is 3.83. The first kappa shape index (κ1) is 13.6. The number of aromatic nitrogens is 1. The number of nitrogens with zero attached hydrogens (tertiary/aromatic N) is 1. The molecule has 0 aliphatic carbocycles. The van der Waals surface area contributed by atoms with Crippen molar-refractivity contribution in [2.75, 3.05) is 0 Å². The van der Waals surface area contributed by atoms with Crippen molar-refractivity contribution in [2.24, 2.45) is 0 Å². The van der Waals surface area contributed by atoms with Crippen LogP contribution in [0.3, 0.4) is 0 Å². The van der Waals surface area contributed by atoms with E-state index in [0.717, 1.165) is 15.4 Å². The number of carbonyl (C=O) groups is 1. The zero-order valence-corrected chi connectivity index (χ0v) is 12.0. The summed E-state index contributed by atoms with van der Waals surface area (Å²) in [7, 11) is 0. The highest BCUT2D eigenvalue weighted by molar-refractivity contribution is 7.12. The summed E-state index contributed by atoms with van der Waals surface area (Å²) in [6, 6.07) is 13.6. The van der Waals surface area contributed by atoms with E-state index in [9.17, 15) is 4.79 Å². The van der Waals surface area contributed by atoms with Gasteiger partial charge in [-0.1, -0.05) is 30.3 Å². The van der Waals surface area contributed by atoms with Gasteiger partial charge in [-0.3, -0.25) is 4.79 Å². The van der Waals surface area contributed by atoms with Crippen molar-refractivity contribution in [1.82, 2.24) is 4.98 Å². The van der Waals surface area contributed by atoms with Crippen molar-refractivity contribution < 1.29 is 14.3 Å². The fourth-order valence-electron chi connectivity index (χ4n) is 2.11. The van der Waals surface area contributed by atoms with Crippen LogP contribution in [0.2, 0.25) is 0 Å². The average Bonchev–Trinajstić information content (AvgIpc) is 3.09. The van der Waals surface area contributed by atoms with Crippen LogP contribution in [0, 0.1) is 0 Å². The quantitative estimate of drug-likeness (QED) is 0.781. The molecule has 0 saturated heterocycles. The van der Waals surface area contributed by atoms with Crippen LogP contribution in [0.5, 0.6) is 0 Å². The second kappa shape index (κ2) is 5.93. The number of hydrogen-bond acceptors (Lipinski definition) is 4. The van der Waals surface area contributed by atoms with Crippen LogP contribution in [0.15, 0.2) is 53.1 Å². The van der Waals surface area contributed by atoms with Crippen molar-refractivity contribution in [3.63, 3.8) is 0 Å². The maximum atomic E-state index is 11.0. The number of hydrogen-bond donors (Lipinski definition) is 1. The molecule has 2 aromatic heterocycles. The second-order valence-corrected chi connectivity index (χ2v) is 5.76. The van der Waals surface area contributed by atoms with Crippen molar-refractivity contribution in [3.8, 4) is 11.5 Å². The molecule has 0 saturated carbocycles. The summed E-state index contributed by atoms with van der Waals surface area (Å²) < 4.78 is 5.36. The van der Waals surface area contributed by atoms with E-state index in [4.69, 9.17) is 9.52 Å². The number of carboxylic acids is 1. The van der Waals surface area contributed by atoms with Gasteiger partial charge >= 0.3 is 5.97 Å². The van der Waals surface area contributed by atoms with E-state index in [2.05, 4.69) is 4.98 Å². The summed E-state index contributed by atoms with van der Waals surface area (Å²) in [6.07, 6.45) is 2.22. The number of benzene rings is 1. The van der Waals surface area contributed by atoms with Gasteiger partial charge in [-0.25, -0.2) is 4.98 Å². The van der Waals surface area contributed by atoms with E-state index >= 15 is 0 Å². The molecule has 0 amide bonds. The third-order valence-electron chi connectivity index (χ3n) is 3.01. The molecule has 3 aromatic rings. The zero-order chi connectivity index (χ0) is 14.7. The van der Waals surface area contributed by atoms with Crippen LogP contribution in [-0.4, -0.2) is 16.1 Å². The predicted octanol–water partition coefficient (Wildman–Crippen LogP) is 3.62. The minimum atomic E-state index is -0.863. The third kappa shape index (κ3) is 3.20. The molecule has 1 aromatic carbocycles. The van der Waals surface area contributed by atoms with Crippen molar-refractivity contribution in [3.05, 3.63) is 64.2 Å². The Hall–Kier alpha value is -2.40. The molecule has 0 aliphatic rings. The largest absolute Gasteiger partial charge is 0.481 e. The lowest BCUT2D eigenvalue weighted by Crippen LogP contribution is -1.99. The molecule has 0 fully saturated rings. The molecule has 0 radical (unpaired) electrons. The molecule has 5 heteroatoms. The summed E-state index contributed by atoms with van der Waals surface area (Å²) in [5.41, 5.74) is 1.79. The lowest BCUT2D eigenvalue weighted by atomic mass is 10.2. The van der Waals surface area contributed by atoms with Crippen LogP contribution in [0.25, 0.3) is 11.5 Å². The molecular formula is C16H13NO3S. The van der Waals surface area contributed by atoms with Crippen molar-refractivity contribution in [1.29, 1.82) is 0 Å². The SMILES string of the molecule is O=C(O)Cc1sc(Cc2ccccc2)nc1-c1ccco1. The number of carboxylic acid groups (broad SMARTS) is 1. The summed E-state index contributed by atoms with van der Waals surface area (Å²) >= 11 is 1.43. The minimum Gasteiger partial charge on any atom is -0.481 e. The first-order valence-corrected chi connectivity index (χ1v) is 7.32. The monoisotopic (exact) mass is 299 g/mol. The van der Waals surface area contributed by atoms with E-state index in [-0.39, 0.29) is 6.42 Å². The molecule has 0 spiro atoms. The Labute approximate surface area is 125 Å². The van der Waals surface area contributed by atoms with Gasteiger partial charge in [0.05, 0.1) is 17.7 Å². The van der Waals surface area contributed by atoms with Gasteiger partial charge in [0.15, 0.2) is 5.76 Å². The fraction of sp³-hybridized carbons (Fsp3) is 0.125. The van der Waals surface area contributed by atoms with E-state index < -0.39 is 5.97 Å². The molecule has 2 heterocycles. The van der Waals surface area contributed by atoms with Crippen molar-refractivity contribution >= 4 is 17.3 Å². The highest BCUT2D eigenvalue weighted by atomic mass is 32.1. The predicted molar refractivity (Wildman–Crippen MR) is 80.4 cm³/mol. The van der Waals surface area contributed by atoms with Crippen LogP contribution < -0.4 is 0 Å². The van der Waals surface area contributed by atoms with Gasteiger partial charge in [0.2, 0.25) is 0 Å². The maximum absolute atomic E-state index is 11.0. The third-order valence-corrected chi connectivity index (χ3v) is 4.06. The topological polar surface area (TPSA) is 63.3 Å². The maximum Gasteiger partial charge on any atom is 0.308 e. The molecule has 1 N–H and O–H groups in total. The van der Waals surface area contributed by atoms with E-state index in [1.807, 2.05) is 30.3 Å². The molecule has 0 bridgehead atoms. The Bertz CT molecular complexity index is 732. The highest BCUT2D eigenvalue weighted by Crippen LogP contribution is 2.30. The van der Waals surface area contributed by atoms with E-state index in [1.54, 1.807) is 18.4 Å². The van der Waals surface area contributed by atoms with Gasteiger partial charge in [0.25, 0.3) is 0 Å². The van der Waals surface area contributed by atoms with Gasteiger partial charge in [-0.05, 0) is 17.7 Å². The smallest absolute Gasteiger partial charge is 0.308 e. The van der Waals surface area contributed by atoms with E-state index in [1.165, 1.54) is 11.3 Å². The molecule has 0 aliphatic heterocycles. The lowest BCUT2D eigenvalue weighted by Gasteiger charge is -1.95. The summed E-state index contributed by atoms with van der Waals surface area (Å²) in [6.45, 7) is 0. The summed E-state index contributed by atoms with van der Waals surface area (Å²) in [5, 5.41) is 9.93. The van der Waals surface area contributed by atoms with Crippen LogP contribution in [0.4, 0.5) is 0 Å². The number of thiazole rings is 1. The highest BCUT2D eigenvalue weighted by Gasteiger charge is 2.17. The van der Waals surface area contributed by atoms with Crippen LogP contribution >= 0.6 is 11.3 Å². The number of aliphatic carboxylic acids is 1. The van der Waals surface area contributed by atoms with Crippen molar-refractivity contribution in [2.45, 2.75) is 12.8 Å². The Morgan fingerprint density at radius 3 is 2.67 bits per heavy atom. The zero-order valence-electron chi connectivity index (χ0n) is 11.2. The fourth-order valence-corrected chi connectivity index (χ4v) is 3.21. The van der Waals surface area contributed by atoms with Crippen LogP contribution in [-0.2, 0) is 17.6 Å². The Balaban J connectivity index is 1.94. The minimum absolute atomic E-state index is 0.0392. The molecule has 4 nitrogen and oxygen atoms in total. The second-order valence-electron chi connectivity index (χ2n) is 4.59. The number of rotatable bonds is 5. The van der Waals surface area contributed by atoms with Crippen LogP contribution in [0.1, 0.15) is 15.4 Å². The summed E-state index contributed by atoms with van der Waals surface area (Å²) in [5.74, 6) is -0.250. The molecular weight excluding hydrogens is 286 g/mol. The average molecular weight is 299 g/mol. The summed E-state index contributed by atoms with van der Waals surface area (Å²) in [4.78, 5) is 16.3. The van der Waals surface area contributed by atoms with Gasteiger partial charge < -0.3 is 9.52 Å². The van der Waals surface area contributed by atoms with E-state index in [0.29, 0.717) is 17.9 Å². The lowest BCUT2D eigenvalue weighted by molar-refractivity contribution is -0.136. The van der Waals surface area contributed by atoms with Gasteiger partial charge in [0, 0.05) is 11.3 Å². The Morgan fingerprint density at radius 2 is 2.00 bits per heavy atom. The molecule has 0 atom stereocenters. The molecule has 3 rings (SSSR count). The first-order valence-electron chi connectivity index (χ1n) is 6.50. The van der Waals surface area contributed by atoms with Gasteiger partial charge in [-0.15, -0.1) is 11.3 Å².